The molecule has 2 N–H and O–H groups in total. The van der Waals surface area contributed by atoms with Crippen LogP contribution in [0.1, 0.15) is 52.6 Å². The second-order valence-corrected chi connectivity index (χ2v) is 7.00. The number of rotatable bonds is 6. The molecule has 0 aromatic heterocycles. The number of hydrogen-bond donors (Lipinski definition) is 1. The Bertz CT molecular complexity index is 439. The predicted molar refractivity (Wildman–Crippen MR) is 90.7 cm³/mol. The molecule has 3 atom stereocenters. The molecule has 0 amide bonds. The molecule has 3 nitrogen and oxygen atoms in total. The number of likely N-dealkylation sites (N-methyl/N-ethyl adjacent to an activating group) is 1. The fraction of sp³-hybridized carbons (Fsp3) is 0.667. The SMILES string of the molecule is CCC(N)C(c1cccc(OC)c1)N(C)C(C)C(C)(C)C. The van der Waals surface area contributed by atoms with E-state index >= 15 is 0 Å². The maximum Gasteiger partial charge on any atom is 0.119 e. The Kier molecular flexibility index (Phi) is 6.24. The molecular weight excluding hydrogens is 260 g/mol. The maximum atomic E-state index is 6.44. The summed E-state index contributed by atoms with van der Waals surface area (Å²) >= 11 is 0. The second kappa shape index (κ2) is 7.28. The zero-order valence-corrected chi connectivity index (χ0v) is 14.7. The van der Waals surface area contributed by atoms with Gasteiger partial charge in [-0.1, -0.05) is 39.8 Å². The quantitative estimate of drug-likeness (QED) is 0.865. The summed E-state index contributed by atoms with van der Waals surface area (Å²) in [7, 11) is 3.88. The van der Waals surface area contributed by atoms with E-state index in [0.29, 0.717) is 6.04 Å². The van der Waals surface area contributed by atoms with E-state index in [-0.39, 0.29) is 17.5 Å². The van der Waals surface area contributed by atoms with Crippen molar-refractivity contribution in [2.45, 2.75) is 59.2 Å². The smallest absolute Gasteiger partial charge is 0.119 e. The third-order valence-corrected chi connectivity index (χ3v) is 4.62. The molecule has 0 heterocycles. The Balaban J connectivity index is 3.16. The Morgan fingerprint density at radius 3 is 2.38 bits per heavy atom. The van der Waals surface area contributed by atoms with Crippen molar-refractivity contribution >= 4 is 0 Å². The predicted octanol–water partition coefficient (Wildman–Crippen LogP) is 3.84. The molecule has 0 fully saturated rings. The van der Waals surface area contributed by atoms with Crippen LogP contribution < -0.4 is 10.5 Å². The molecule has 1 aromatic rings. The normalized spacial score (nSPS) is 16.6. The first kappa shape index (κ1) is 18.0. The van der Waals surface area contributed by atoms with Crippen LogP contribution in [0.5, 0.6) is 5.75 Å². The van der Waals surface area contributed by atoms with Gasteiger partial charge in [0.15, 0.2) is 0 Å². The highest BCUT2D eigenvalue weighted by Gasteiger charge is 2.32. The van der Waals surface area contributed by atoms with Gasteiger partial charge in [-0.05, 0) is 43.5 Å². The number of nitrogens with two attached hydrogens (primary N) is 1. The molecular formula is C18H32N2O. The topological polar surface area (TPSA) is 38.5 Å². The van der Waals surface area contributed by atoms with Crippen molar-refractivity contribution in [2.75, 3.05) is 14.2 Å². The average molecular weight is 292 g/mol. The van der Waals surface area contributed by atoms with Crippen LogP contribution in [0.2, 0.25) is 0 Å². The average Bonchev–Trinajstić information content (AvgIpc) is 2.45. The summed E-state index contributed by atoms with van der Waals surface area (Å²) in [5.41, 5.74) is 7.87. The van der Waals surface area contributed by atoms with Gasteiger partial charge in [-0.2, -0.15) is 0 Å². The van der Waals surface area contributed by atoms with Crippen molar-refractivity contribution in [1.29, 1.82) is 0 Å². The first-order valence-corrected chi connectivity index (χ1v) is 7.83. The fourth-order valence-electron chi connectivity index (χ4n) is 2.68. The van der Waals surface area contributed by atoms with Gasteiger partial charge in [0.05, 0.1) is 7.11 Å². The molecule has 0 bridgehead atoms. The highest BCUT2D eigenvalue weighted by molar-refractivity contribution is 5.31. The standard InChI is InChI=1S/C18H32N2O/c1-8-16(19)17(20(6)13(2)18(3,4)5)14-10-9-11-15(12-14)21-7/h9-13,16-17H,8,19H2,1-7H3. The lowest BCUT2D eigenvalue weighted by Crippen LogP contribution is -2.47. The number of benzene rings is 1. The Labute approximate surface area is 130 Å². The van der Waals surface area contributed by atoms with Crippen LogP contribution in [-0.4, -0.2) is 31.1 Å². The molecule has 1 aromatic carbocycles. The van der Waals surface area contributed by atoms with Crippen molar-refractivity contribution in [3.05, 3.63) is 29.8 Å². The molecule has 0 aliphatic rings. The van der Waals surface area contributed by atoms with Crippen molar-refractivity contribution < 1.29 is 4.74 Å². The van der Waals surface area contributed by atoms with E-state index in [2.05, 4.69) is 58.7 Å². The molecule has 0 radical (unpaired) electrons. The summed E-state index contributed by atoms with van der Waals surface area (Å²) in [5.74, 6) is 0.887. The minimum absolute atomic E-state index is 0.104. The lowest BCUT2D eigenvalue weighted by Gasteiger charge is -2.42. The zero-order chi connectivity index (χ0) is 16.2. The van der Waals surface area contributed by atoms with Gasteiger partial charge in [-0.3, -0.25) is 4.90 Å². The van der Waals surface area contributed by atoms with Gasteiger partial charge in [0.1, 0.15) is 5.75 Å². The Morgan fingerprint density at radius 1 is 1.29 bits per heavy atom. The van der Waals surface area contributed by atoms with Crippen LogP contribution in [0.3, 0.4) is 0 Å². The number of methoxy groups -OCH3 is 1. The minimum Gasteiger partial charge on any atom is -0.497 e. The van der Waals surface area contributed by atoms with Gasteiger partial charge in [0.2, 0.25) is 0 Å². The van der Waals surface area contributed by atoms with E-state index in [1.807, 2.05) is 12.1 Å². The third-order valence-electron chi connectivity index (χ3n) is 4.62. The van der Waals surface area contributed by atoms with Gasteiger partial charge < -0.3 is 10.5 Å². The summed E-state index contributed by atoms with van der Waals surface area (Å²) in [6.45, 7) is 11.2. The van der Waals surface area contributed by atoms with E-state index in [1.54, 1.807) is 7.11 Å². The van der Waals surface area contributed by atoms with E-state index in [9.17, 15) is 0 Å². The first-order chi connectivity index (χ1) is 9.72. The monoisotopic (exact) mass is 292 g/mol. The Morgan fingerprint density at radius 2 is 1.90 bits per heavy atom. The molecule has 0 aliphatic carbocycles. The van der Waals surface area contributed by atoms with Gasteiger partial charge in [-0.25, -0.2) is 0 Å². The van der Waals surface area contributed by atoms with Crippen LogP contribution in [0.4, 0.5) is 0 Å². The van der Waals surface area contributed by atoms with Crippen LogP contribution >= 0.6 is 0 Å². The third kappa shape index (κ3) is 4.45. The molecule has 21 heavy (non-hydrogen) atoms. The maximum absolute atomic E-state index is 6.44. The highest BCUT2D eigenvalue weighted by Crippen LogP contribution is 2.33. The lowest BCUT2D eigenvalue weighted by atomic mass is 9.84. The van der Waals surface area contributed by atoms with Gasteiger partial charge in [0, 0.05) is 18.1 Å². The van der Waals surface area contributed by atoms with Gasteiger partial charge >= 0.3 is 0 Å². The van der Waals surface area contributed by atoms with E-state index in [0.717, 1.165) is 12.2 Å². The molecule has 0 spiro atoms. The molecule has 1 rings (SSSR count). The van der Waals surface area contributed by atoms with Crippen molar-refractivity contribution in [3.63, 3.8) is 0 Å². The van der Waals surface area contributed by atoms with Crippen molar-refractivity contribution in [2.24, 2.45) is 11.1 Å². The highest BCUT2D eigenvalue weighted by atomic mass is 16.5. The summed E-state index contributed by atoms with van der Waals surface area (Å²) < 4.78 is 5.37. The lowest BCUT2D eigenvalue weighted by molar-refractivity contribution is 0.0830. The van der Waals surface area contributed by atoms with Crippen LogP contribution in [0.25, 0.3) is 0 Å². The Hall–Kier alpha value is -1.06. The number of hydrogen-bond acceptors (Lipinski definition) is 3. The van der Waals surface area contributed by atoms with Crippen LogP contribution in [-0.2, 0) is 0 Å². The van der Waals surface area contributed by atoms with Crippen LogP contribution in [0, 0.1) is 5.41 Å². The molecule has 3 unspecified atom stereocenters. The summed E-state index contributed by atoms with van der Waals surface area (Å²) in [4.78, 5) is 2.41. The largest absolute Gasteiger partial charge is 0.497 e. The fourth-order valence-corrected chi connectivity index (χ4v) is 2.68. The second-order valence-electron chi connectivity index (χ2n) is 7.00. The van der Waals surface area contributed by atoms with E-state index < -0.39 is 0 Å². The summed E-state index contributed by atoms with van der Waals surface area (Å²) in [6.07, 6.45) is 0.947. The first-order valence-electron chi connectivity index (χ1n) is 7.83. The van der Waals surface area contributed by atoms with E-state index in [4.69, 9.17) is 10.5 Å². The number of nitrogens with zero attached hydrogens (tertiary/aromatic N) is 1. The molecule has 0 aliphatic heterocycles. The summed E-state index contributed by atoms with van der Waals surface area (Å²) in [6, 6.07) is 8.99. The minimum atomic E-state index is 0.104. The van der Waals surface area contributed by atoms with Crippen molar-refractivity contribution in [1.82, 2.24) is 4.90 Å². The molecule has 3 heteroatoms. The van der Waals surface area contributed by atoms with Crippen LogP contribution in [0.15, 0.2) is 24.3 Å². The van der Waals surface area contributed by atoms with Gasteiger partial charge in [-0.15, -0.1) is 0 Å². The van der Waals surface area contributed by atoms with Crippen molar-refractivity contribution in [3.8, 4) is 5.75 Å². The zero-order valence-electron chi connectivity index (χ0n) is 14.7. The number of ether oxygens (including phenoxy) is 1. The molecule has 120 valence electrons. The summed E-state index contributed by atoms with van der Waals surface area (Å²) in [5, 5.41) is 0. The molecule has 0 saturated heterocycles. The van der Waals surface area contributed by atoms with Gasteiger partial charge in [0.25, 0.3) is 0 Å². The van der Waals surface area contributed by atoms with E-state index in [1.165, 1.54) is 5.56 Å². The molecule has 0 saturated carbocycles.